The lowest BCUT2D eigenvalue weighted by Crippen LogP contribution is -2.14. The van der Waals surface area contributed by atoms with Crippen LogP contribution in [0.2, 0.25) is 0 Å². The van der Waals surface area contributed by atoms with Crippen molar-refractivity contribution in [1.29, 1.82) is 0 Å². The molecule has 5 heteroatoms. The van der Waals surface area contributed by atoms with Crippen LogP contribution >= 0.6 is 15.9 Å². The molecule has 78 valence electrons. The van der Waals surface area contributed by atoms with E-state index in [1.807, 2.05) is 0 Å². The van der Waals surface area contributed by atoms with Crippen LogP contribution in [0.3, 0.4) is 0 Å². The molecule has 0 saturated carbocycles. The van der Waals surface area contributed by atoms with Crippen LogP contribution in [-0.2, 0) is 0 Å². The van der Waals surface area contributed by atoms with E-state index in [1.54, 1.807) is 0 Å². The van der Waals surface area contributed by atoms with Gasteiger partial charge in [0, 0.05) is 12.5 Å². The van der Waals surface area contributed by atoms with Gasteiger partial charge in [0.05, 0.1) is 4.47 Å². The quantitative estimate of drug-likeness (QED) is 0.894. The summed E-state index contributed by atoms with van der Waals surface area (Å²) in [6.45, 7) is 0. The van der Waals surface area contributed by atoms with Crippen LogP contribution in [0.4, 0.5) is 13.2 Å². The number of hydrogen-bond donors (Lipinski definition) is 1. The largest absolute Gasteiger partial charge is 0.324 e. The monoisotopic (exact) mass is 267 g/mol. The molecule has 0 aliphatic heterocycles. The highest BCUT2D eigenvalue weighted by Crippen LogP contribution is 2.22. The summed E-state index contributed by atoms with van der Waals surface area (Å²) in [5, 5.41) is 0. The van der Waals surface area contributed by atoms with Gasteiger partial charge in [-0.3, -0.25) is 0 Å². The molecule has 2 N–H and O–H groups in total. The fourth-order valence-corrected chi connectivity index (χ4v) is 1.32. The Bertz CT molecular complexity index is 317. The molecule has 1 atom stereocenters. The molecule has 0 saturated heterocycles. The summed E-state index contributed by atoms with van der Waals surface area (Å²) >= 11 is 2.97. The van der Waals surface area contributed by atoms with Crippen LogP contribution < -0.4 is 5.73 Å². The van der Waals surface area contributed by atoms with Crippen LogP contribution in [0.15, 0.2) is 22.7 Å². The normalized spacial score (nSPS) is 13.3. The van der Waals surface area contributed by atoms with Crippen molar-refractivity contribution in [2.45, 2.75) is 18.9 Å². The van der Waals surface area contributed by atoms with Gasteiger partial charge >= 0.3 is 0 Å². The second-order valence-electron chi connectivity index (χ2n) is 2.91. The summed E-state index contributed by atoms with van der Waals surface area (Å²) in [5.74, 6) is -0.493. The van der Waals surface area contributed by atoms with E-state index in [9.17, 15) is 13.2 Å². The Labute approximate surface area is 88.2 Å². The average molecular weight is 268 g/mol. The van der Waals surface area contributed by atoms with Gasteiger partial charge in [0.1, 0.15) is 5.82 Å². The lowest BCUT2D eigenvalue weighted by molar-refractivity contribution is 0.128. The highest BCUT2D eigenvalue weighted by molar-refractivity contribution is 9.10. The average Bonchev–Trinajstić information content (AvgIpc) is 2.08. The molecule has 0 unspecified atom stereocenters. The smallest absolute Gasteiger partial charge is 0.240 e. The summed E-state index contributed by atoms with van der Waals surface area (Å²) in [6, 6.07) is 3.32. The number of nitrogens with two attached hydrogens (primary N) is 1. The molecule has 0 aromatic heterocycles. The maximum Gasteiger partial charge on any atom is 0.240 e. The first kappa shape index (κ1) is 11.5. The second kappa shape index (κ2) is 4.79. The number of alkyl halides is 2. The summed E-state index contributed by atoms with van der Waals surface area (Å²) in [7, 11) is 0. The topological polar surface area (TPSA) is 26.0 Å². The predicted octanol–water partition coefficient (Wildman–Crippen LogP) is 3.24. The molecule has 1 aromatic carbocycles. The van der Waals surface area contributed by atoms with E-state index in [0.717, 1.165) is 6.07 Å². The van der Waals surface area contributed by atoms with E-state index < -0.39 is 24.7 Å². The van der Waals surface area contributed by atoms with Crippen molar-refractivity contribution in [3.8, 4) is 0 Å². The van der Waals surface area contributed by atoms with Gasteiger partial charge in [-0.05, 0) is 33.6 Å². The Morgan fingerprint density at radius 1 is 1.36 bits per heavy atom. The van der Waals surface area contributed by atoms with E-state index in [1.165, 1.54) is 12.1 Å². The highest BCUT2D eigenvalue weighted by atomic mass is 79.9. The molecule has 1 aromatic rings. The summed E-state index contributed by atoms with van der Waals surface area (Å²) < 4.78 is 37.2. The van der Waals surface area contributed by atoms with Crippen molar-refractivity contribution in [3.05, 3.63) is 34.1 Å². The molecule has 0 aliphatic rings. The van der Waals surface area contributed by atoms with E-state index in [0.29, 0.717) is 10.0 Å². The number of hydrogen-bond acceptors (Lipinski definition) is 1. The fourth-order valence-electron chi connectivity index (χ4n) is 1.07. The van der Waals surface area contributed by atoms with Crippen molar-refractivity contribution >= 4 is 15.9 Å². The van der Waals surface area contributed by atoms with Gasteiger partial charge in [-0.15, -0.1) is 0 Å². The SMILES string of the molecule is N[C@H](CC(F)F)c1ccc(Br)c(F)c1. The lowest BCUT2D eigenvalue weighted by atomic mass is 10.1. The van der Waals surface area contributed by atoms with Crippen molar-refractivity contribution in [2.24, 2.45) is 5.73 Å². The summed E-state index contributed by atoms with van der Waals surface area (Å²) in [4.78, 5) is 0. The zero-order chi connectivity index (χ0) is 10.7. The van der Waals surface area contributed by atoms with E-state index in [2.05, 4.69) is 15.9 Å². The molecule has 1 nitrogen and oxygen atoms in total. The van der Waals surface area contributed by atoms with Gasteiger partial charge in [-0.2, -0.15) is 0 Å². The fraction of sp³-hybridized carbons (Fsp3) is 0.333. The third-order valence-corrected chi connectivity index (χ3v) is 2.45. The minimum Gasteiger partial charge on any atom is -0.324 e. The Kier molecular flexibility index (Phi) is 3.95. The first-order chi connectivity index (χ1) is 6.50. The minimum absolute atomic E-state index is 0.297. The summed E-state index contributed by atoms with van der Waals surface area (Å²) in [5.41, 5.74) is 5.83. The Morgan fingerprint density at radius 2 is 2.00 bits per heavy atom. The third kappa shape index (κ3) is 2.99. The van der Waals surface area contributed by atoms with Crippen LogP contribution in [0, 0.1) is 5.82 Å². The van der Waals surface area contributed by atoms with Crippen LogP contribution in [0.1, 0.15) is 18.0 Å². The van der Waals surface area contributed by atoms with Crippen molar-refractivity contribution in [1.82, 2.24) is 0 Å². The van der Waals surface area contributed by atoms with E-state index >= 15 is 0 Å². The Balaban J connectivity index is 2.80. The molecule has 0 amide bonds. The molecule has 0 fully saturated rings. The standard InChI is InChI=1S/C9H9BrF3N/c10-6-2-1-5(3-7(6)11)8(14)4-9(12)13/h1-3,8-9H,4,14H2/t8-/m1/s1. The summed E-state index contributed by atoms with van der Waals surface area (Å²) in [6.07, 6.45) is -2.93. The number of halogens is 4. The van der Waals surface area contributed by atoms with Gasteiger partial charge in [0.2, 0.25) is 6.43 Å². The molecule has 0 radical (unpaired) electrons. The maximum absolute atomic E-state index is 13.0. The van der Waals surface area contributed by atoms with Crippen LogP contribution in [-0.4, -0.2) is 6.43 Å². The maximum atomic E-state index is 13.0. The van der Waals surface area contributed by atoms with Crippen molar-refractivity contribution in [3.63, 3.8) is 0 Å². The first-order valence-electron chi connectivity index (χ1n) is 3.99. The molecular weight excluding hydrogens is 259 g/mol. The first-order valence-corrected chi connectivity index (χ1v) is 4.78. The van der Waals surface area contributed by atoms with Gasteiger partial charge < -0.3 is 5.73 Å². The zero-order valence-electron chi connectivity index (χ0n) is 7.18. The van der Waals surface area contributed by atoms with Gasteiger partial charge in [0.25, 0.3) is 0 Å². The Morgan fingerprint density at radius 3 is 2.50 bits per heavy atom. The number of rotatable bonds is 3. The molecule has 0 heterocycles. The van der Waals surface area contributed by atoms with E-state index in [-0.39, 0.29) is 0 Å². The predicted molar refractivity (Wildman–Crippen MR) is 51.6 cm³/mol. The van der Waals surface area contributed by atoms with Gasteiger partial charge in [0.15, 0.2) is 0 Å². The molecule has 0 aliphatic carbocycles. The highest BCUT2D eigenvalue weighted by Gasteiger charge is 2.13. The van der Waals surface area contributed by atoms with Gasteiger partial charge in [-0.1, -0.05) is 6.07 Å². The molecule has 1 rings (SSSR count). The molecule has 0 spiro atoms. The van der Waals surface area contributed by atoms with Crippen LogP contribution in [0.5, 0.6) is 0 Å². The van der Waals surface area contributed by atoms with Crippen molar-refractivity contribution < 1.29 is 13.2 Å². The molecular formula is C9H9BrF3N. The molecule has 0 bridgehead atoms. The van der Waals surface area contributed by atoms with E-state index in [4.69, 9.17) is 5.73 Å². The van der Waals surface area contributed by atoms with Crippen LogP contribution in [0.25, 0.3) is 0 Å². The van der Waals surface area contributed by atoms with Crippen molar-refractivity contribution in [2.75, 3.05) is 0 Å². The lowest BCUT2D eigenvalue weighted by Gasteiger charge is -2.11. The third-order valence-electron chi connectivity index (χ3n) is 1.80. The zero-order valence-corrected chi connectivity index (χ0v) is 8.77. The van der Waals surface area contributed by atoms with Gasteiger partial charge in [-0.25, -0.2) is 13.2 Å². The molecule has 14 heavy (non-hydrogen) atoms. The number of benzene rings is 1. The minimum atomic E-state index is -2.48. The second-order valence-corrected chi connectivity index (χ2v) is 3.76. The Hall–Kier alpha value is -0.550.